The second-order valence-electron chi connectivity index (χ2n) is 4.04. The van der Waals surface area contributed by atoms with Crippen LogP contribution in [0.5, 0.6) is 5.75 Å². The molecule has 0 radical (unpaired) electrons. The summed E-state index contributed by atoms with van der Waals surface area (Å²) in [6, 6.07) is 6.57. The van der Waals surface area contributed by atoms with E-state index in [1.54, 1.807) is 0 Å². The van der Waals surface area contributed by atoms with Gasteiger partial charge in [-0.05, 0) is 31.5 Å². The van der Waals surface area contributed by atoms with E-state index in [4.69, 9.17) is 9.84 Å². The van der Waals surface area contributed by atoms with Crippen LogP contribution in [-0.4, -0.2) is 29.6 Å². The molecule has 0 aliphatic carbocycles. The first-order valence-electron chi connectivity index (χ1n) is 5.89. The fraction of sp³-hybridized carbons (Fsp3) is 0.385. The van der Waals surface area contributed by atoms with Gasteiger partial charge in [0.15, 0.2) is 0 Å². The van der Waals surface area contributed by atoms with Gasteiger partial charge in [0.05, 0.1) is 6.61 Å². The van der Waals surface area contributed by atoms with Gasteiger partial charge in [0.1, 0.15) is 11.8 Å². The number of amides is 1. The molecule has 0 aliphatic rings. The lowest BCUT2D eigenvalue weighted by molar-refractivity contribution is -0.141. The van der Waals surface area contributed by atoms with Crippen LogP contribution < -0.4 is 10.1 Å². The first-order chi connectivity index (χ1) is 8.99. The lowest BCUT2D eigenvalue weighted by Crippen LogP contribution is -2.38. The summed E-state index contributed by atoms with van der Waals surface area (Å²) in [6.07, 6.45) is 0.774. The summed E-state index contributed by atoms with van der Waals surface area (Å²) in [7, 11) is 0. The van der Waals surface area contributed by atoms with Gasteiger partial charge in [0.25, 0.3) is 0 Å². The van der Waals surface area contributed by atoms with Gasteiger partial charge in [0.2, 0.25) is 5.91 Å². The molecule has 0 saturated carbocycles. The molecule has 1 rings (SSSR count). The molecular weight excluding hydrogens is 314 g/mol. The molecule has 0 spiro atoms. The lowest BCUT2D eigenvalue weighted by Gasteiger charge is -2.09. The molecule has 5 nitrogen and oxygen atoms in total. The van der Waals surface area contributed by atoms with E-state index in [1.807, 2.05) is 24.3 Å². The monoisotopic (exact) mass is 329 g/mol. The number of hydrogen-bond donors (Lipinski definition) is 2. The minimum atomic E-state index is -1.04. The zero-order valence-electron chi connectivity index (χ0n) is 10.6. The zero-order chi connectivity index (χ0) is 14.3. The van der Waals surface area contributed by atoms with Crippen LogP contribution >= 0.6 is 15.9 Å². The van der Waals surface area contributed by atoms with Crippen LogP contribution in [0.4, 0.5) is 0 Å². The van der Waals surface area contributed by atoms with Crippen molar-refractivity contribution in [1.29, 1.82) is 0 Å². The Morgan fingerprint density at radius 1 is 1.47 bits per heavy atom. The summed E-state index contributed by atoms with van der Waals surface area (Å²) in [5, 5.41) is 11.0. The van der Waals surface area contributed by atoms with E-state index in [0.717, 1.165) is 10.2 Å². The third kappa shape index (κ3) is 6.24. The number of halogens is 1. The van der Waals surface area contributed by atoms with Gasteiger partial charge < -0.3 is 15.2 Å². The Labute approximate surface area is 120 Å². The minimum Gasteiger partial charge on any atom is -0.494 e. The SMILES string of the molecule is C[C@@H](NC(=O)CCCOc1cccc(Br)c1)C(=O)O. The molecule has 0 saturated heterocycles. The molecule has 2 N–H and O–H groups in total. The number of hydrogen-bond acceptors (Lipinski definition) is 3. The fourth-order valence-electron chi connectivity index (χ4n) is 1.35. The van der Waals surface area contributed by atoms with Crippen molar-refractivity contribution in [3.8, 4) is 5.75 Å². The molecular formula is C13H16BrNO4. The third-order valence-corrected chi connectivity index (χ3v) is 2.85. The van der Waals surface area contributed by atoms with Crippen LogP contribution in [0.15, 0.2) is 28.7 Å². The predicted molar refractivity (Wildman–Crippen MR) is 74.1 cm³/mol. The number of carbonyl (C=O) groups excluding carboxylic acids is 1. The Hall–Kier alpha value is -1.56. The highest BCUT2D eigenvalue weighted by atomic mass is 79.9. The van der Waals surface area contributed by atoms with Crippen LogP contribution in [0.1, 0.15) is 19.8 Å². The van der Waals surface area contributed by atoms with E-state index in [1.165, 1.54) is 6.92 Å². The second kappa shape index (κ2) is 7.78. The van der Waals surface area contributed by atoms with E-state index < -0.39 is 12.0 Å². The molecule has 6 heteroatoms. The molecule has 0 bridgehead atoms. The molecule has 1 aromatic carbocycles. The molecule has 0 heterocycles. The van der Waals surface area contributed by atoms with Crippen molar-refractivity contribution < 1.29 is 19.4 Å². The molecule has 104 valence electrons. The maximum Gasteiger partial charge on any atom is 0.325 e. The van der Waals surface area contributed by atoms with Gasteiger partial charge in [-0.2, -0.15) is 0 Å². The fourth-order valence-corrected chi connectivity index (χ4v) is 1.73. The molecule has 19 heavy (non-hydrogen) atoms. The van der Waals surface area contributed by atoms with E-state index >= 15 is 0 Å². The Kier molecular flexibility index (Phi) is 6.35. The number of benzene rings is 1. The number of rotatable bonds is 7. The highest BCUT2D eigenvalue weighted by molar-refractivity contribution is 9.10. The molecule has 1 atom stereocenters. The second-order valence-corrected chi connectivity index (χ2v) is 4.95. The normalized spacial score (nSPS) is 11.7. The van der Waals surface area contributed by atoms with E-state index in [0.29, 0.717) is 13.0 Å². The van der Waals surface area contributed by atoms with Gasteiger partial charge >= 0.3 is 5.97 Å². The van der Waals surface area contributed by atoms with Crippen LogP contribution in [-0.2, 0) is 9.59 Å². The largest absolute Gasteiger partial charge is 0.494 e. The van der Waals surface area contributed by atoms with Crippen LogP contribution in [0, 0.1) is 0 Å². The summed E-state index contributed by atoms with van der Waals surface area (Å²) in [6.45, 7) is 1.84. The topological polar surface area (TPSA) is 75.6 Å². The summed E-state index contributed by atoms with van der Waals surface area (Å²) >= 11 is 3.34. The lowest BCUT2D eigenvalue weighted by atomic mass is 10.2. The number of carboxylic acid groups (broad SMARTS) is 1. The van der Waals surface area contributed by atoms with Crippen molar-refractivity contribution in [2.45, 2.75) is 25.8 Å². The van der Waals surface area contributed by atoms with E-state index in [2.05, 4.69) is 21.2 Å². The summed E-state index contributed by atoms with van der Waals surface area (Å²) in [4.78, 5) is 21.9. The number of carbonyl (C=O) groups is 2. The molecule has 1 amide bonds. The average molecular weight is 330 g/mol. The van der Waals surface area contributed by atoms with E-state index in [9.17, 15) is 9.59 Å². The van der Waals surface area contributed by atoms with Crippen LogP contribution in [0.2, 0.25) is 0 Å². The zero-order valence-corrected chi connectivity index (χ0v) is 12.1. The number of nitrogens with one attached hydrogen (secondary N) is 1. The predicted octanol–water partition coefficient (Wildman–Crippen LogP) is 2.20. The van der Waals surface area contributed by atoms with E-state index in [-0.39, 0.29) is 12.3 Å². The quantitative estimate of drug-likeness (QED) is 0.752. The van der Waals surface area contributed by atoms with Gasteiger partial charge in [-0.25, -0.2) is 0 Å². The van der Waals surface area contributed by atoms with Crippen molar-refractivity contribution in [1.82, 2.24) is 5.32 Å². The maximum absolute atomic E-state index is 11.4. The first-order valence-corrected chi connectivity index (χ1v) is 6.69. The summed E-state index contributed by atoms with van der Waals surface area (Å²) in [5.41, 5.74) is 0. The number of ether oxygens (including phenoxy) is 1. The smallest absolute Gasteiger partial charge is 0.325 e. The molecule has 1 aromatic rings. The van der Waals surface area contributed by atoms with Gasteiger partial charge in [-0.15, -0.1) is 0 Å². The summed E-state index contributed by atoms with van der Waals surface area (Å²) in [5.74, 6) is -0.597. The number of carboxylic acids is 1. The number of aliphatic carboxylic acids is 1. The van der Waals surface area contributed by atoms with Crippen molar-refractivity contribution in [3.05, 3.63) is 28.7 Å². The van der Waals surface area contributed by atoms with Gasteiger partial charge in [0, 0.05) is 10.9 Å². The Bertz CT molecular complexity index is 450. The molecule has 0 aliphatic heterocycles. The molecule has 0 fully saturated rings. The van der Waals surface area contributed by atoms with Crippen molar-refractivity contribution >= 4 is 27.8 Å². The van der Waals surface area contributed by atoms with Crippen molar-refractivity contribution in [3.63, 3.8) is 0 Å². The van der Waals surface area contributed by atoms with Gasteiger partial charge in [-0.1, -0.05) is 22.0 Å². The third-order valence-electron chi connectivity index (χ3n) is 2.36. The molecule has 0 unspecified atom stereocenters. The standard InChI is InChI=1S/C13H16BrNO4/c1-9(13(17)18)15-12(16)6-3-7-19-11-5-2-4-10(14)8-11/h2,4-5,8-9H,3,6-7H2,1H3,(H,15,16)(H,17,18)/t9-/m1/s1. The summed E-state index contributed by atoms with van der Waals surface area (Å²) < 4.78 is 6.39. The Balaban J connectivity index is 2.20. The average Bonchev–Trinajstić information content (AvgIpc) is 2.34. The van der Waals surface area contributed by atoms with Gasteiger partial charge in [-0.3, -0.25) is 9.59 Å². The van der Waals surface area contributed by atoms with Crippen LogP contribution in [0.25, 0.3) is 0 Å². The molecule has 0 aromatic heterocycles. The van der Waals surface area contributed by atoms with Crippen LogP contribution in [0.3, 0.4) is 0 Å². The Morgan fingerprint density at radius 2 is 2.21 bits per heavy atom. The van der Waals surface area contributed by atoms with Crippen molar-refractivity contribution in [2.24, 2.45) is 0 Å². The maximum atomic E-state index is 11.4. The Morgan fingerprint density at radius 3 is 2.84 bits per heavy atom. The highest BCUT2D eigenvalue weighted by Crippen LogP contribution is 2.17. The highest BCUT2D eigenvalue weighted by Gasteiger charge is 2.13. The van der Waals surface area contributed by atoms with Crippen molar-refractivity contribution in [2.75, 3.05) is 6.61 Å². The first kappa shape index (κ1) is 15.5. The minimum absolute atomic E-state index is 0.242.